The Morgan fingerprint density at radius 2 is 1.49 bits per heavy atom. The lowest BCUT2D eigenvalue weighted by Crippen LogP contribution is -2.26. The van der Waals surface area contributed by atoms with Gasteiger partial charge in [-0.1, -0.05) is 94.5 Å². The fraction of sp³-hybridized carbons (Fsp3) is 0.517. The van der Waals surface area contributed by atoms with Crippen LogP contribution in [0.2, 0.25) is 5.02 Å². The van der Waals surface area contributed by atoms with Crippen LogP contribution >= 0.6 is 11.6 Å². The Morgan fingerprint density at radius 1 is 0.886 bits per heavy atom. The standard InChI is InChI=1S/C29H41ClN2O3/c1-4-5-6-7-8-9-10-11-12-13-21-31-29(34)26-19-17-25(18-20-26)22-32(35-24(3)33)28-16-14-15-27(30)23(28)2/h14-20H,4-13,21-22H2,1-3H3,(H,31,34). The molecule has 2 rings (SSSR count). The van der Waals surface area contributed by atoms with Crippen LogP contribution in [0, 0.1) is 6.92 Å². The summed E-state index contributed by atoms with van der Waals surface area (Å²) in [5.41, 5.74) is 3.10. The van der Waals surface area contributed by atoms with Crippen LogP contribution in [0.15, 0.2) is 42.5 Å². The highest BCUT2D eigenvalue weighted by molar-refractivity contribution is 6.31. The summed E-state index contributed by atoms with van der Waals surface area (Å²) < 4.78 is 0. The Hall–Kier alpha value is -2.53. The molecular weight excluding hydrogens is 460 g/mol. The number of carbonyl (C=O) groups excluding carboxylic acids is 2. The van der Waals surface area contributed by atoms with Crippen LogP contribution < -0.4 is 10.4 Å². The highest BCUT2D eigenvalue weighted by Gasteiger charge is 2.15. The minimum atomic E-state index is -0.410. The number of hydrogen-bond donors (Lipinski definition) is 1. The Bertz CT molecular complexity index is 915. The van der Waals surface area contributed by atoms with Crippen LogP contribution in [0.25, 0.3) is 0 Å². The van der Waals surface area contributed by atoms with Crippen molar-refractivity contribution >= 4 is 29.2 Å². The van der Waals surface area contributed by atoms with Crippen LogP contribution in [0.4, 0.5) is 5.69 Å². The monoisotopic (exact) mass is 500 g/mol. The highest BCUT2D eigenvalue weighted by atomic mass is 35.5. The molecule has 0 fully saturated rings. The van der Waals surface area contributed by atoms with Crippen molar-refractivity contribution in [1.29, 1.82) is 0 Å². The lowest BCUT2D eigenvalue weighted by atomic mass is 10.1. The number of rotatable bonds is 16. The third-order valence-corrected chi connectivity index (χ3v) is 6.51. The first-order valence-electron chi connectivity index (χ1n) is 13.0. The molecule has 0 unspecified atom stereocenters. The second-order valence-corrected chi connectivity index (χ2v) is 9.55. The zero-order chi connectivity index (χ0) is 25.5. The molecule has 0 saturated heterocycles. The van der Waals surface area contributed by atoms with Gasteiger partial charge >= 0.3 is 5.97 Å². The third-order valence-electron chi connectivity index (χ3n) is 6.10. The van der Waals surface area contributed by atoms with E-state index >= 15 is 0 Å². The largest absolute Gasteiger partial charge is 0.352 e. The minimum absolute atomic E-state index is 0.0602. The summed E-state index contributed by atoms with van der Waals surface area (Å²) in [6.45, 7) is 6.55. The van der Waals surface area contributed by atoms with E-state index in [1.807, 2.05) is 31.2 Å². The van der Waals surface area contributed by atoms with Gasteiger partial charge in [-0.05, 0) is 48.7 Å². The van der Waals surface area contributed by atoms with Gasteiger partial charge < -0.3 is 10.2 Å². The molecule has 5 nitrogen and oxygen atoms in total. The number of hydroxylamine groups is 1. The summed E-state index contributed by atoms with van der Waals surface area (Å²) in [6, 6.07) is 12.9. The Balaban J connectivity index is 1.76. The molecule has 2 aromatic carbocycles. The van der Waals surface area contributed by atoms with Gasteiger partial charge in [-0.2, -0.15) is 0 Å². The van der Waals surface area contributed by atoms with Crippen LogP contribution in [-0.2, 0) is 16.2 Å². The van der Waals surface area contributed by atoms with Crippen molar-refractivity contribution in [2.24, 2.45) is 0 Å². The fourth-order valence-corrected chi connectivity index (χ4v) is 4.20. The van der Waals surface area contributed by atoms with Crippen LogP contribution in [-0.4, -0.2) is 18.4 Å². The summed E-state index contributed by atoms with van der Waals surface area (Å²) in [5.74, 6) is -0.470. The van der Waals surface area contributed by atoms with E-state index in [1.165, 1.54) is 63.4 Å². The second-order valence-electron chi connectivity index (χ2n) is 9.14. The van der Waals surface area contributed by atoms with Crippen LogP contribution in [0.1, 0.15) is 99.5 Å². The number of nitrogens with one attached hydrogen (secondary N) is 1. The SMILES string of the molecule is CCCCCCCCCCCCNC(=O)c1ccc(CN(OC(C)=O)c2cccc(Cl)c2C)cc1. The summed E-state index contributed by atoms with van der Waals surface area (Å²) in [7, 11) is 0. The van der Waals surface area contributed by atoms with E-state index in [4.69, 9.17) is 16.4 Å². The Kier molecular flexibility index (Phi) is 13.3. The van der Waals surface area contributed by atoms with E-state index in [1.54, 1.807) is 18.2 Å². The van der Waals surface area contributed by atoms with Gasteiger partial charge in [-0.25, -0.2) is 5.06 Å². The molecule has 2 aromatic rings. The Morgan fingerprint density at radius 3 is 2.09 bits per heavy atom. The molecule has 192 valence electrons. The van der Waals surface area contributed by atoms with Crippen molar-refractivity contribution in [2.75, 3.05) is 11.6 Å². The van der Waals surface area contributed by atoms with E-state index in [9.17, 15) is 9.59 Å². The molecule has 0 saturated carbocycles. The molecule has 0 aliphatic rings. The number of amides is 1. The first kappa shape index (κ1) is 28.7. The number of halogens is 1. The quantitative estimate of drug-likeness (QED) is 0.189. The first-order chi connectivity index (χ1) is 16.9. The van der Waals surface area contributed by atoms with Gasteiger partial charge in [0.25, 0.3) is 5.91 Å². The fourth-order valence-electron chi connectivity index (χ4n) is 4.03. The van der Waals surface area contributed by atoms with E-state index in [2.05, 4.69) is 12.2 Å². The number of carbonyl (C=O) groups is 2. The predicted molar refractivity (Wildman–Crippen MR) is 145 cm³/mol. The van der Waals surface area contributed by atoms with E-state index in [0.29, 0.717) is 23.7 Å². The Labute approximate surface area is 216 Å². The molecule has 0 aliphatic carbocycles. The summed E-state index contributed by atoms with van der Waals surface area (Å²) in [5, 5.41) is 5.15. The summed E-state index contributed by atoms with van der Waals surface area (Å²) >= 11 is 6.25. The average Bonchev–Trinajstić information content (AvgIpc) is 2.84. The van der Waals surface area contributed by atoms with E-state index < -0.39 is 5.97 Å². The molecule has 0 bridgehead atoms. The number of benzene rings is 2. The number of anilines is 1. The number of nitrogens with zero attached hydrogens (tertiary/aromatic N) is 1. The normalized spacial score (nSPS) is 10.7. The number of unbranched alkanes of at least 4 members (excludes halogenated alkanes) is 9. The van der Waals surface area contributed by atoms with Crippen molar-refractivity contribution in [3.8, 4) is 0 Å². The second kappa shape index (κ2) is 16.2. The highest BCUT2D eigenvalue weighted by Crippen LogP contribution is 2.28. The van der Waals surface area contributed by atoms with Crippen molar-refractivity contribution in [2.45, 2.75) is 91.5 Å². The van der Waals surface area contributed by atoms with Gasteiger partial charge in [-0.3, -0.25) is 9.59 Å². The molecule has 35 heavy (non-hydrogen) atoms. The van der Waals surface area contributed by atoms with Gasteiger partial charge in [-0.15, -0.1) is 0 Å². The van der Waals surface area contributed by atoms with E-state index in [0.717, 1.165) is 29.7 Å². The molecule has 0 aliphatic heterocycles. The molecular formula is C29H41ClN2O3. The lowest BCUT2D eigenvalue weighted by Gasteiger charge is -2.24. The minimum Gasteiger partial charge on any atom is -0.352 e. The average molecular weight is 501 g/mol. The van der Waals surface area contributed by atoms with Crippen molar-refractivity contribution in [1.82, 2.24) is 5.32 Å². The number of hydrogen-bond acceptors (Lipinski definition) is 4. The molecule has 0 aromatic heterocycles. The van der Waals surface area contributed by atoms with Crippen LogP contribution in [0.3, 0.4) is 0 Å². The summed E-state index contributed by atoms with van der Waals surface area (Å²) in [6.07, 6.45) is 12.8. The lowest BCUT2D eigenvalue weighted by molar-refractivity contribution is -0.142. The van der Waals surface area contributed by atoms with Gasteiger partial charge in [0.15, 0.2) is 0 Å². The maximum atomic E-state index is 12.5. The summed E-state index contributed by atoms with van der Waals surface area (Å²) in [4.78, 5) is 29.6. The van der Waals surface area contributed by atoms with Gasteiger partial charge in [0.1, 0.15) is 0 Å². The van der Waals surface area contributed by atoms with Gasteiger partial charge in [0.2, 0.25) is 0 Å². The molecule has 1 amide bonds. The molecule has 0 atom stereocenters. The van der Waals surface area contributed by atoms with Crippen LogP contribution in [0.5, 0.6) is 0 Å². The molecule has 0 heterocycles. The van der Waals surface area contributed by atoms with Crippen molar-refractivity contribution < 1.29 is 14.4 Å². The van der Waals surface area contributed by atoms with Gasteiger partial charge in [0.05, 0.1) is 12.2 Å². The maximum absolute atomic E-state index is 12.5. The molecule has 1 N–H and O–H groups in total. The topological polar surface area (TPSA) is 58.6 Å². The van der Waals surface area contributed by atoms with Crippen molar-refractivity contribution in [3.63, 3.8) is 0 Å². The zero-order valence-corrected chi connectivity index (χ0v) is 22.3. The maximum Gasteiger partial charge on any atom is 0.329 e. The van der Waals surface area contributed by atoms with Gasteiger partial charge in [0, 0.05) is 24.1 Å². The van der Waals surface area contributed by atoms with Crippen molar-refractivity contribution in [3.05, 3.63) is 64.2 Å². The predicted octanol–water partition coefficient (Wildman–Crippen LogP) is 7.78. The molecule has 0 radical (unpaired) electrons. The zero-order valence-electron chi connectivity index (χ0n) is 21.6. The smallest absolute Gasteiger partial charge is 0.329 e. The molecule has 0 spiro atoms. The van der Waals surface area contributed by atoms with E-state index in [-0.39, 0.29) is 5.91 Å². The molecule has 6 heteroatoms. The third kappa shape index (κ3) is 10.7. The first-order valence-corrected chi connectivity index (χ1v) is 13.4.